The van der Waals surface area contributed by atoms with E-state index in [9.17, 15) is 9.50 Å². The smallest absolute Gasteiger partial charge is 0.230 e. The summed E-state index contributed by atoms with van der Waals surface area (Å²) in [7, 11) is 0. The predicted molar refractivity (Wildman–Crippen MR) is 83.2 cm³/mol. The van der Waals surface area contributed by atoms with Crippen LogP contribution in [0.2, 0.25) is 0 Å². The molecule has 0 radical (unpaired) electrons. The summed E-state index contributed by atoms with van der Waals surface area (Å²) in [6, 6.07) is 6.42. The molecule has 1 saturated carbocycles. The zero-order chi connectivity index (χ0) is 16.4. The lowest BCUT2D eigenvalue weighted by atomic mass is 10.1. The Bertz CT molecular complexity index is 638. The highest BCUT2D eigenvalue weighted by Crippen LogP contribution is 2.30. The van der Waals surface area contributed by atoms with Crippen molar-refractivity contribution in [2.45, 2.75) is 51.3 Å². The molecule has 1 unspecified atom stereocenters. The van der Waals surface area contributed by atoms with Crippen molar-refractivity contribution >= 4 is 0 Å². The van der Waals surface area contributed by atoms with Crippen molar-refractivity contribution in [2.75, 3.05) is 6.54 Å². The Balaban J connectivity index is 1.65. The molecule has 1 aromatic heterocycles. The third-order valence-corrected chi connectivity index (χ3v) is 4.04. The summed E-state index contributed by atoms with van der Waals surface area (Å²) in [4.78, 5) is 2.16. The number of rotatable bonds is 7. The molecule has 0 spiro atoms. The van der Waals surface area contributed by atoms with E-state index in [-0.39, 0.29) is 11.7 Å². The van der Waals surface area contributed by atoms with Gasteiger partial charge in [0.25, 0.3) is 0 Å². The van der Waals surface area contributed by atoms with Gasteiger partial charge in [0.2, 0.25) is 11.8 Å². The summed E-state index contributed by atoms with van der Waals surface area (Å²) >= 11 is 0. The van der Waals surface area contributed by atoms with E-state index in [1.165, 1.54) is 12.1 Å². The Kier molecular flexibility index (Phi) is 4.73. The number of aliphatic hydroxyl groups excluding tert-OH is 1. The van der Waals surface area contributed by atoms with Gasteiger partial charge < -0.3 is 9.52 Å². The van der Waals surface area contributed by atoms with Crippen molar-refractivity contribution < 1.29 is 13.9 Å². The number of aliphatic hydroxyl groups is 1. The molecule has 23 heavy (non-hydrogen) atoms. The number of halogens is 1. The van der Waals surface area contributed by atoms with Crippen molar-refractivity contribution in [1.82, 2.24) is 15.1 Å². The number of aromatic nitrogens is 2. The summed E-state index contributed by atoms with van der Waals surface area (Å²) in [6.07, 6.45) is 1.56. The van der Waals surface area contributed by atoms with Gasteiger partial charge in [0.1, 0.15) is 5.82 Å². The van der Waals surface area contributed by atoms with Crippen molar-refractivity contribution in [3.63, 3.8) is 0 Å². The highest BCUT2D eigenvalue weighted by atomic mass is 19.1. The normalized spacial score (nSPS) is 16.3. The Morgan fingerprint density at radius 3 is 2.52 bits per heavy atom. The lowest BCUT2D eigenvalue weighted by Crippen LogP contribution is -2.30. The first-order valence-corrected chi connectivity index (χ1v) is 8.03. The minimum Gasteiger partial charge on any atom is -0.424 e. The fraction of sp³-hybridized carbons (Fsp3) is 0.529. The maximum absolute atomic E-state index is 13.0. The van der Waals surface area contributed by atoms with E-state index in [1.54, 1.807) is 12.1 Å². The highest BCUT2D eigenvalue weighted by Gasteiger charge is 2.31. The molecule has 0 amide bonds. The summed E-state index contributed by atoms with van der Waals surface area (Å²) < 4.78 is 18.6. The van der Waals surface area contributed by atoms with E-state index in [1.807, 2.05) is 13.8 Å². The molecule has 3 rings (SSSR count). The van der Waals surface area contributed by atoms with Gasteiger partial charge in [0, 0.05) is 18.5 Å². The maximum atomic E-state index is 13.0. The Hall–Kier alpha value is -1.79. The molecular weight excluding hydrogens is 297 g/mol. The molecule has 0 saturated heterocycles. The fourth-order valence-corrected chi connectivity index (χ4v) is 2.53. The van der Waals surface area contributed by atoms with Crippen LogP contribution in [0.3, 0.4) is 0 Å². The highest BCUT2D eigenvalue weighted by molar-refractivity contribution is 5.19. The molecule has 0 aliphatic heterocycles. The second-order valence-corrected chi connectivity index (χ2v) is 6.42. The summed E-state index contributed by atoms with van der Waals surface area (Å²) in [5.41, 5.74) is 0.713. The lowest BCUT2D eigenvalue weighted by molar-refractivity contribution is 0.0984. The Morgan fingerprint density at radius 1 is 1.26 bits per heavy atom. The first-order chi connectivity index (χ1) is 11.0. The van der Waals surface area contributed by atoms with E-state index in [0.717, 1.165) is 12.8 Å². The van der Waals surface area contributed by atoms with E-state index >= 15 is 0 Å². The van der Waals surface area contributed by atoms with Gasteiger partial charge in [-0.1, -0.05) is 26.0 Å². The average molecular weight is 319 g/mol. The van der Waals surface area contributed by atoms with Crippen LogP contribution in [0.5, 0.6) is 0 Å². The minimum absolute atomic E-state index is 0.204. The molecule has 1 atom stereocenters. The molecule has 5 nitrogen and oxygen atoms in total. The minimum atomic E-state index is -0.663. The van der Waals surface area contributed by atoms with Gasteiger partial charge >= 0.3 is 0 Å². The van der Waals surface area contributed by atoms with Crippen LogP contribution in [0, 0.1) is 5.82 Å². The molecule has 1 aliphatic carbocycles. The molecule has 1 aliphatic rings. The summed E-state index contributed by atoms with van der Waals surface area (Å²) in [5, 5.41) is 18.5. The zero-order valence-corrected chi connectivity index (χ0v) is 13.4. The lowest BCUT2D eigenvalue weighted by Gasteiger charge is -2.23. The molecule has 0 bridgehead atoms. The molecule has 1 aromatic carbocycles. The van der Waals surface area contributed by atoms with E-state index in [4.69, 9.17) is 4.42 Å². The molecule has 1 N–H and O–H groups in total. The van der Waals surface area contributed by atoms with Gasteiger partial charge in [-0.15, -0.1) is 10.2 Å². The third-order valence-electron chi connectivity index (χ3n) is 4.04. The van der Waals surface area contributed by atoms with Gasteiger partial charge in [0.15, 0.2) is 0 Å². The van der Waals surface area contributed by atoms with Gasteiger partial charge in [-0.2, -0.15) is 0 Å². The van der Waals surface area contributed by atoms with Crippen LogP contribution in [-0.4, -0.2) is 32.8 Å². The fourth-order valence-electron chi connectivity index (χ4n) is 2.53. The van der Waals surface area contributed by atoms with Crippen LogP contribution in [-0.2, 0) is 6.54 Å². The van der Waals surface area contributed by atoms with Crippen LogP contribution in [0.1, 0.15) is 56.1 Å². The first-order valence-electron chi connectivity index (χ1n) is 8.03. The zero-order valence-electron chi connectivity index (χ0n) is 13.4. The number of hydrogen-bond donors (Lipinski definition) is 1. The predicted octanol–water partition coefficient (Wildman–Crippen LogP) is 3.03. The third kappa shape index (κ3) is 4.14. The van der Waals surface area contributed by atoms with Crippen molar-refractivity contribution in [3.05, 3.63) is 47.4 Å². The van der Waals surface area contributed by atoms with Crippen molar-refractivity contribution in [2.24, 2.45) is 0 Å². The van der Waals surface area contributed by atoms with Crippen LogP contribution >= 0.6 is 0 Å². The van der Waals surface area contributed by atoms with Crippen LogP contribution < -0.4 is 0 Å². The van der Waals surface area contributed by atoms with E-state index < -0.39 is 6.10 Å². The standard InChI is InChI=1S/C17H22FN3O2/c1-11(2)17-20-19-16(23-17)10-21(14-7-8-14)9-15(22)12-3-5-13(18)6-4-12/h3-6,11,14-15,22H,7-10H2,1-2H3. The molecule has 1 heterocycles. The number of hydrogen-bond acceptors (Lipinski definition) is 5. The topological polar surface area (TPSA) is 62.4 Å². The summed E-state index contributed by atoms with van der Waals surface area (Å²) in [5.74, 6) is 1.12. The van der Waals surface area contributed by atoms with Crippen LogP contribution in [0.4, 0.5) is 4.39 Å². The van der Waals surface area contributed by atoms with Crippen LogP contribution in [0.25, 0.3) is 0 Å². The molecular formula is C17H22FN3O2. The second-order valence-electron chi connectivity index (χ2n) is 6.42. The van der Waals surface area contributed by atoms with Crippen molar-refractivity contribution in [3.8, 4) is 0 Å². The Morgan fingerprint density at radius 2 is 1.96 bits per heavy atom. The first kappa shape index (κ1) is 16.1. The Labute approximate surface area is 135 Å². The molecule has 2 aromatic rings. The second kappa shape index (κ2) is 6.76. The number of nitrogens with zero attached hydrogens (tertiary/aromatic N) is 3. The van der Waals surface area contributed by atoms with Gasteiger partial charge in [0.05, 0.1) is 12.6 Å². The maximum Gasteiger partial charge on any atom is 0.230 e. The molecule has 1 fully saturated rings. The monoisotopic (exact) mass is 319 g/mol. The van der Waals surface area contributed by atoms with E-state index in [0.29, 0.717) is 36.5 Å². The largest absolute Gasteiger partial charge is 0.424 e. The van der Waals surface area contributed by atoms with Gasteiger partial charge in [-0.25, -0.2) is 4.39 Å². The number of benzene rings is 1. The van der Waals surface area contributed by atoms with E-state index in [2.05, 4.69) is 15.1 Å². The summed E-state index contributed by atoms with van der Waals surface area (Å²) in [6.45, 7) is 5.01. The quantitative estimate of drug-likeness (QED) is 0.850. The SMILES string of the molecule is CC(C)c1nnc(CN(CC(O)c2ccc(F)cc2)C2CC2)o1. The van der Waals surface area contributed by atoms with Gasteiger partial charge in [-0.05, 0) is 30.5 Å². The van der Waals surface area contributed by atoms with Gasteiger partial charge in [-0.3, -0.25) is 4.90 Å². The van der Waals surface area contributed by atoms with Crippen molar-refractivity contribution in [1.29, 1.82) is 0 Å². The van der Waals surface area contributed by atoms with Crippen LogP contribution in [0.15, 0.2) is 28.7 Å². The average Bonchev–Trinajstić information content (AvgIpc) is 3.26. The molecule has 124 valence electrons. The molecule has 6 heteroatoms.